The topological polar surface area (TPSA) is 53.1 Å². The average Bonchev–Trinajstić information content (AvgIpc) is 2.82. The van der Waals surface area contributed by atoms with E-state index >= 15 is 0 Å². The lowest BCUT2D eigenvalue weighted by atomic mass is 10.1. The molecule has 0 fully saturated rings. The second kappa shape index (κ2) is 5.13. The van der Waals surface area contributed by atoms with Gasteiger partial charge in [-0.25, -0.2) is 4.98 Å². The minimum Gasteiger partial charge on any atom is -0.496 e. The summed E-state index contributed by atoms with van der Waals surface area (Å²) in [4.78, 5) is 4.49. The van der Waals surface area contributed by atoms with Crippen molar-refractivity contribution in [1.29, 1.82) is 0 Å². The Hall–Kier alpha value is -2.49. The summed E-state index contributed by atoms with van der Waals surface area (Å²) in [5, 5.41) is 0. The van der Waals surface area contributed by atoms with Gasteiger partial charge in [0.2, 0.25) is 0 Å². The van der Waals surface area contributed by atoms with Crippen LogP contribution in [0.1, 0.15) is 16.7 Å². The Kier molecular flexibility index (Phi) is 3.29. The molecule has 0 unspecified atom stereocenters. The van der Waals surface area contributed by atoms with Gasteiger partial charge in [0.25, 0.3) is 0 Å². The van der Waals surface area contributed by atoms with Gasteiger partial charge < -0.3 is 15.0 Å². The van der Waals surface area contributed by atoms with Crippen LogP contribution in [0.25, 0.3) is 11.0 Å². The van der Waals surface area contributed by atoms with Crippen molar-refractivity contribution in [2.24, 2.45) is 0 Å². The van der Waals surface area contributed by atoms with Gasteiger partial charge in [0.1, 0.15) is 5.75 Å². The lowest BCUT2D eigenvalue weighted by Crippen LogP contribution is -2.02. The summed E-state index contributed by atoms with van der Waals surface area (Å²) in [5.74, 6) is 0.842. The first-order valence-electron chi connectivity index (χ1n) is 6.93. The van der Waals surface area contributed by atoms with E-state index in [9.17, 15) is 0 Å². The van der Waals surface area contributed by atoms with Crippen LogP contribution >= 0.6 is 0 Å². The van der Waals surface area contributed by atoms with E-state index in [2.05, 4.69) is 35.5 Å². The van der Waals surface area contributed by atoms with Gasteiger partial charge in [0.05, 0.1) is 31.0 Å². The fourth-order valence-corrected chi connectivity index (χ4v) is 2.54. The van der Waals surface area contributed by atoms with Crippen molar-refractivity contribution in [3.8, 4) is 5.75 Å². The van der Waals surface area contributed by atoms with Crippen molar-refractivity contribution in [3.05, 3.63) is 53.3 Å². The molecule has 0 spiro atoms. The van der Waals surface area contributed by atoms with Crippen molar-refractivity contribution in [3.63, 3.8) is 0 Å². The average molecular weight is 281 g/mol. The number of nitrogen functional groups attached to an aromatic ring is 1. The number of rotatable bonds is 3. The van der Waals surface area contributed by atoms with Gasteiger partial charge in [-0.2, -0.15) is 0 Å². The molecule has 4 nitrogen and oxygen atoms in total. The Morgan fingerprint density at radius 3 is 2.67 bits per heavy atom. The number of nitrogens with zero attached hydrogens (tertiary/aromatic N) is 2. The largest absolute Gasteiger partial charge is 0.496 e. The highest BCUT2D eigenvalue weighted by Gasteiger charge is 2.09. The van der Waals surface area contributed by atoms with E-state index in [0.717, 1.165) is 28.0 Å². The van der Waals surface area contributed by atoms with Crippen LogP contribution < -0.4 is 10.5 Å². The molecule has 0 aliphatic heterocycles. The Balaban J connectivity index is 2.06. The molecule has 0 saturated carbocycles. The zero-order valence-corrected chi connectivity index (χ0v) is 12.6. The SMILES string of the molecule is COc1ccc(N)cc1Cn1cnc2cc(C)c(C)cc21. The summed E-state index contributed by atoms with van der Waals surface area (Å²) in [6, 6.07) is 10.0. The number of fused-ring (bicyclic) bond motifs is 1. The molecule has 0 amide bonds. The molecule has 3 aromatic rings. The van der Waals surface area contributed by atoms with Crippen LogP contribution in [0.15, 0.2) is 36.7 Å². The maximum atomic E-state index is 5.89. The molecule has 2 N–H and O–H groups in total. The lowest BCUT2D eigenvalue weighted by Gasteiger charge is -2.11. The smallest absolute Gasteiger partial charge is 0.124 e. The van der Waals surface area contributed by atoms with E-state index in [4.69, 9.17) is 10.5 Å². The van der Waals surface area contributed by atoms with Crippen LogP contribution in [0.2, 0.25) is 0 Å². The summed E-state index contributed by atoms with van der Waals surface area (Å²) in [6.45, 7) is 4.91. The molecule has 21 heavy (non-hydrogen) atoms. The molecule has 0 aliphatic rings. The van der Waals surface area contributed by atoms with E-state index in [-0.39, 0.29) is 0 Å². The number of benzene rings is 2. The summed E-state index contributed by atoms with van der Waals surface area (Å²) in [5.41, 5.74) is 12.3. The number of aryl methyl sites for hydroxylation is 2. The standard InChI is InChI=1S/C17H19N3O/c1-11-6-15-16(7-12(11)2)20(10-19-15)9-13-8-14(18)4-5-17(13)21-3/h4-8,10H,9,18H2,1-3H3. The van der Waals surface area contributed by atoms with E-state index in [1.165, 1.54) is 11.1 Å². The Morgan fingerprint density at radius 1 is 1.14 bits per heavy atom. The van der Waals surface area contributed by atoms with Crippen molar-refractivity contribution in [1.82, 2.24) is 9.55 Å². The van der Waals surface area contributed by atoms with Crippen LogP contribution in [0, 0.1) is 13.8 Å². The highest BCUT2D eigenvalue weighted by Crippen LogP contribution is 2.25. The molecule has 0 atom stereocenters. The van der Waals surface area contributed by atoms with Gasteiger partial charge in [-0.3, -0.25) is 0 Å². The zero-order valence-electron chi connectivity index (χ0n) is 12.6. The van der Waals surface area contributed by atoms with E-state index in [0.29, 0.717) is 6.54 Å². The van der Waals surface area contributed by atoms with Crippen molar-refractivity contribution >= 4 is 16.7 Å². The number of nitrogens with two attached hydrogens (primary N) is 1. The van der Waals surface area contributed by atoms with Gasteiger partial charge in [0, 0.05) is 11.3 Å². The summed E-state index contributed by atoms with van der Waals surface area (Å²) in [7, 11) is 1.68. The highest BCUT2D eigenvalue weighted by atomic mass is 16.5. The first-order chi connectivity index (χ1) is 10.1. The van der Waals surface area contributed by atoms with E-state index in [1.54, 1.807) is 7.11 Å². The van der Waals surface area contributed by atoms with Crippen molar-refractivity contribution in [2.45, 2.75) is 20.4 Å². The van der Waals surface area contributed by atoms with Gasteiger partial charge in [-0.1, -0.05) is 0 Å². The quantitative estimate of drug-likeness (QED) is 0.749. The Bertz CT molecular complexity index is 805. The van der Waals surface area contributed by atoms with Gasteiger partial charge >= 0.3 is 0 Å². The number of methoxy groups -OCH3 is 1. The first kappa shape index (κ1) is 13.5. The third-order valence-corrected chi connectivity index (χ3v) is 3.88. The van der Waals surface area contributed by atoms with Crippen LogP contribution in [-0.4, -0.2) is 16.7 Å². The summed E-state index contributed by atoms with van der Waals surface area (Å²) >= 11 is 0. The third kappa shape index (κ3) is 2.44. The minimum absolute atomic E-state index is 0.688. The van der Waals surface area contributed by atoms with Crippen LogP contribution in [-0.2, 0) is 6.54 Å². The molecule has 108 valence electrons. The number of hydrogen-bond acceptors (Lipinski definition) is 3. The number of imidazole rings is 1. The number of hydrogen-bond donors (Lipinski definition) is 1. The first-order valence-corrected chi connectivity index (χ1v) is 6.93. The maximum absolute atomic E-state index is 5.89. The number of anilines is 1. The molecule has 0 aliphatic carbocycles. The zero-order chi connectivity index (χ0) is 15.0. The molecule has 2 aromatic carbocycles. The molecule has 1 aromatic heterocycles. The molecule has 1 heterocycles. The highest BCUT2D eigenvalue weighted by molar-refractivity contribution is 5.77. The van der Waals surface area contributed by atoms with Crippen molar-refractivity contribution in [2.75, 3.05) is 12.8 Å². The molecule has 0 bridgehead atoms. The normalized spacial score (nSPS) is 11.0. The molecule has 3 rings (SSSR count). The minimum atomic E-state index is 0.688. The van der Waals surface area contributed by atoms with E-state index < -0.39 is 0 Å². The third-order valence-electron chi connectivity index (χ3n) is 3.88. The van der Waals surface area contributed by atoms with Crippen LogP contribution in [0.3, 0.4) is 0 Å². The second-order valence-corrected chi connectivity index (χ2v) is 5.37. The van der Waals surface area contributed by atoms with Crippen molar-refractivity contribution < 1.29 is 4.74 Å². The molecule has 4 heteroatoms. The fourth-order valence-electron chi connectivity index (χ4n) is 2.54. The van der Waals surface area contributed by atoms with Gasteiger partial charge in [-0.15, -0.1) is 0 Å². The van der Waals surface area contributed by atoms with Crippen LogP contribution in [0.4, 0.5) is 5.69 Å². The molecular weight excluding hydrogens is 262 g/mol. The second-order valence-electron chi connectivity index (χ2n) is 5.37. The van der Waals surface area contributed by atoms with Gasteiger partial charge in [-0.05, 0) is 55.3 Å². The molecule has 0 radical (unpaired) electrons. The fraction of sp³-hybridized carbons (Fsp3) is 0.235. The predicted octanol–water partition coefficient (Wildman–Crippen LogP) is 3.29. The molecular formula is C17H19N3O. The number of ether oxygens (including phenoxy) is 1. The summed E-state index contributed by atoms with van der Waals surface area (Å²) < 4.78 is 7.54. The summed E-state index contributed by atoms with van der Waals surface area (Å²) in [6.07, 6.45) is 1.87. The maximum Gasteiger partial charge on any atom is 0.124 e. The Labute approximate surface area is 124 Å². The lowest BCUT2D eigenvalue weighted by molar-refractivity contribution is 0.408. The van der Waals surface area contributed by atoms with E-state index in [1.807, 2.05) is 24.5 Å². The van der Waals surface area contributed by atoms with Gasteiger partial charge in [0.15, 0.2) is 0 Å². The molecule has 0 saturated heterocycles. The number of aromatic nitrogens is 2. The predicted molar refractivity (Wildman–Crippen MR) is 85.7 cm³/mol. The Morgan fingerprint density at radius 2 is 1.90 bits per heavy atom. The van der Waals surface area contributed by atoms with Crippen LogP contribution in [0.5, 0.6) is 5.75 Å². The monoisotopic (exact) mass is 281 g/mol.